The lowest BCUT2D eigenvalue weighted by atomic mass is 10.1. The standard InChI is InChI=1S/C9H21NO2S/c1-5-13(12)7-8(11)6-10-9(2,3)4/h8,10-11H,5-7H2,1-4H3. The fraction of sp³-hybridized carbons (Fsp3) is 1.00. The van der Waals surface area contributed by atoms with Gasteiger partial charge in [-0.15, -0.1) is 0 Å². The third-order valence-electron chi connectivity index (χ3n) is 1.57. The van der Waals surface area contributed by atoms with E-state index in [2.05, 4.69) is 5.32 Å². The van der Waals surface area contributed by atoms with Gasteiger partial charge in [0.15, 0.2) is 0 Å². The Morgan fingerprint density at radius 3 is 2.38 bits per heavy atom. The molecule has 0 saturated carbocycles. The van der Waals surface area contributed by atoms with Crippen molar-refractivity contribution in [3.8, 4) is 0 Å². The van der Waals surface area contributed by atoms with Crippen LogP contribution in [0.2, 0.25) is 0 Å². The minimum atomic E-state index is -0.875. The van der Waals surface area contributed by atoms with E-state index in [0.29, 0.717) is 18.1 Å². The molecule has 0 bridgehead atoms. The summed E-state index contributed by atoms with van der Waals surface area (Å²) in [7, 11) is -0.875. The third-order valence-corrected chi connectivity index (χ3v) is 2.97. The van der Waals surface area contributed by atoms with Gasteiger partial charge in [0, 0.05) is 28.6 Å². The van der Waals surface area contributed by atoms with Crippen LogP contribution in [0.3, 0.4) is 0 Å². The van der Waals surface area contributed by atoms with Gasteiger partial charge in [-0.25, -0.2) is 0 Å². The van der Waals surface area contributed by atoms with Gasteiger partial charge in [0.1, 0.15) is 0 Å². The van der Waals surface area contributed by atoms with Gasteiger partial charge in [-0.2, -0.15) is 0 Å². The molecule has 0 saturated heterocycles. The van der Waals surface area contributed by atoms with Gasteiger partial charge in [-0.1, -0.05) is 6.92 Å². The molecule has 3 nitrogen and oxygen atoms in total. The predicted molar refractivity (Wildman–Crippen MR) is 57.3 cm³/mol. The zero-order valence-corrected chi connectivity index (χ0v) is 9.78. The lowest BCUT2D eigenvalue weighted by Crippen LogP contribution is -2.42. The van der Waals surface area contributed by atoms with Gasteiger partial charge in [0.05, 0.1) is 11.9 Å². The predicted octanol–water partition coefficient (Wildman–Crippen LogP) is 0.504. The second kappa shape index (κ2) is 5.73. The summed E-state index contributed by atoms with van der Waals surface area (Å²) >= 11 is 0. The van der Waals surface area contributed by atoms with Crippen molar-refractivity contribution in [2.24, 2.45) is 0 Å². The molecule has 0 amide bonds. The first-order valence-corrected chi connectivity index (χ1v) is 6.12. The van der Waals surface area contributed by atoms with Crippen molar-refractivity contribution < 1.29 is 9.32 Å². The van der Waals surface area contributed by atoms with Gasteiger partial charge in [0.2, 0.25) is 0 Å². The van der Waals surface area contributed by atoms with Gasteiger partial charge < -0.3 is 10.4 Å². The SMILES string of the molecule is CCS(=O)CC(O)CNC(C)(C)C. The van der Waals surface area contributed by atoms with E-state index in [1.165, 1.54) is 0 Å². The molecule has 13 heavy (non-hydrogen) atoms. The van der Waals surface area contributed by atoms with Crippen molar-refractivity contribution >= 4 is 10.8 Å². The summed E-state index contributed by atoms with van der Waals surface area (Å²) < 4.78 is 11.1. The molecule has 2 unspecified atom stereocenters. The number of hydrogen-bond acceptors (Lipinski definition) is 3. The number of aliphatic hydroxyl groups excluding tert-OH is 1. The molecular formula is C9H21NO2S. The molecule has 4 heteroatoms. The summed E-state index contributed by atoms with van der Waals surface area (Å²) in [6, 6.07) is 0. The van der Waals surface area contributed by atoms with Crippen LogP contribution in [0.25, 0.3) is 0 Å². The molecule has 0 aromatic heterocycles. The number of β-amino-alcohol motifs (C(OH)–C–C–N with tert-alkyl or cyclic N) is 1. The quantitative estimate of drug-likeness (QED) is 0.690. The number of hydrogen-bond donors (Lipinski definition) is 2. The Morgan fingerprint density at radius 2 is 2.00 bits per heavy atom. The van der Waals surface area contributed by atoms with Crippen LogP contribution < -0.4 is 5.32 Å². The maximum atomic E-state index is 11.1. The molecule has 0 aliphatic heterocycles. The summed E-state index contributed by atoms with van der Waals surface area (Å²) in [6.07, 6.45) is -0.500. The van der Waals surface area contributed by atoms with E-state index < -0.39 is 16.9 Å². The summed E-state index contributed by atoms with van der Waals surface area (Å²) in [5.74, 6) is 0.992. The molecule has 0 fully saturated rings. The highest BCUT2D eigenvalue weighted by molar-refractivity contribution is 7.84. The second-order valence-corrected chi connectivity index (χ2v) is 5.97. The topological polar surface area (TPSA) is 49.3 Å². The van der Waals surface area contributed by atoms with Crippen LogP contribution in [0, 0.1) is 0 Å². The third kappa shape index (κ3) is 8.40. The van der Waals surface area contributed by atoms with Crippen LogP contribution in [-0.2, 0) is 10.8 Å². The van der Waals surface area contributed by atoms with Crippen molar-refractivity contribution in [1.82, 2.24) is 5.32 Å². The van der Waals surface area contributed by atoms with Gasteiger partial charge >= 0.3 is 0 Å². The monoisotopic (exact) mass is 207 g/mol. The Balaban J connectivity index is 3.63. The van der Waals surface area contributed by atoms with Gasteiger partial charge in [-0.3, -0.25) is 4.21 Å². The van der Waals surface area contributed by atoms with Crippen molar-refractivity contribution in [3.63, 3.8) is 0 Å². The molecule has 80 valence electrons. The van der Waals surface area contributed by atoms with E-state index >= 15 is 0 Å². The van der Waals surface area contributed by atoms with Crippen molar-refractivity contribution in [2.75, 3.05) is 18.1 Å². The maximum Gasteiger partial charge on any atom is 0.0779 e. The lowest BCUT2D eigenvalue weighted by Gasteiger charge is -2.22. The van der Waals surface area contributed by atoms with Crippen LogP contribution in [0.5, 0.6) is 0 Å². The summed E-state index contributed by atoms with van der Waals surface area (Å²) in [6.45, 7) is 8.48. The smallest absolute Gasteiger partial charge is 0.0779 e. The van der Waals surface area contributed by atoms with E-state index in [-0.39, 0.29) is 5.54 Å². The van der Waals surface area contributed by atoms with E-state index in [9.17, 15) is 9.32 Å². The molecule has 0 aromatic rings. The molecule has 0 aliphatic carbocycles. The molecule has 0 aromatic carbocycles. The minimum Gasteiger partial charge on any atom is -0.391 e. The van der Waals surface area contributed by atoms with Crippen LogP contribution >= 0.6 is 0 Å². The molecule has 0 spiro atoms. The number of nitrogens with one attached hydrogen (secondary N) is 1. The van der Waals surface area contributed by atoms with E-state index in [4.69, 9.17) is 0 Å². The fourth-order valence-corrected chi connectivity index (χ4v) is 1.60. The Kier molecular flexibility index (Phi) is 5.76. The zero-order valence-electron chi connectivity index (χ0n) is 8.96. The average molecular weight is 207 g/mol. The zero-order chi connectivity index (χ0) is 10.5. The minimum absolute atomic E-state index is 0.00862. The van der Waals surface area contributed by atoms with Crippen LogP contribution in [-0.4, -0.2) is 39.0 Å². The van der Waals surface area contributed by atoms with E-state index in [1.807, 2.05) is 27.7 Å². The average Bonchev–Trinajstić information content (AvgIpc) is 1.99. The molecule has 2 atom stereocenters. The largest absolute Gasteiger partial charge is 0.391 e. The summed E-state index contributed by atoms with van der Waals surface area (Å²) in [4.78, 5) is 0. The highest BCUT2D eigenvalue weighted by atomic mass is 32.2. The Hall–Kier alpha value is 0.0700. The first-order valence-electron chi connectivity index (χ1n) is 4.63. The fourth-order valence-electron chi connectivity index (χ4n) is 0.815. The van der Waals surface area contributed by atoms with Crippen LogP contribution in [0.15, 0.2) is 0 Å². The molecular weight excluding hydrogens is 186 g/mol. The normalized spacial score (nSPS) is 17.0. The number of rotatable bonds is 5. The van der Waals surface area contributed by atoms with Gasteiger partial charge in [-0.05, 0) is 20.8 Å². The van der Waals surface area contributed by atoms with Crippen LogP contribution in [0.4, 0.5) is 0 Å². The summed E-state index contributed by atoms with van der Waals surface area (Å²) in [5.41, 5.74) is 0.00862. The maximum absolute atomic E-state index is 11.1. The molecule has 0 aliphatic rings. The Labute approximate surface area is 83.4 Å². The van der Waals surface area contributed by atoms with E-state index in [0.717, 1.165) is 0 Å². The van der Waals surface area contributed by atoms with E-state index in [1.54, 1.807) is 0 Å². The summed E-state index contributed by atoms with van der Waals surface area (Å²) in [5, 5.41) is 12.6. The first-order chi connectivity index (χ1) is 5.85. The Morgan fingerprint density at radius 1 is 1.46 bits per heavy atom. The van der Waals surface area contributed by atoms with Crippen LogP contribution in [0.1, 0.15) is 27.7 Å². The van der Waals surface area contributed by atoms with Crippen molar-refractivity contribution in [2.45, 2.75) is 39.3 Å². The number of aliphatic hydroxyl groups is 1. The Bertz CT molecular complexity index is 165. The highest BCUT2D eigenvalue weighted by Crippen LogP contribution is 1.98. The molecule has 2 N–H and O–H groups in total. The highest BCUT2D eigenvalue weighted by Gasteiger charge is 2.13. The lowest BCUT2D eigenvalue weighted by molar-refractivity contribution is 0.182. The van der Waals surface area contributed by atoms with Gasteiger partial charge in [0.25, 0.3) is 0 Å². The first kappa shape index (κ1) is 13.1. The molecule has 0 rings (SSSR count). The molecule has 0 radical (unpaired) electrons. The van der Waals surface area contributed by atoms with Crippen molar-refractivity contribution in [3.05, 3.63) is 0 Å². The van der Waals surface area contributed by atoms with Crippen molar-refractivity contribution in [1.29, 1.82) is 0 Å². The molecule has 0 heterocycles. The second-order valence-electron chi connectivity index (χ2n) is 4.18.